The van der Waals surface area contributed by atoms with Crippen molar-refractivity contribution in [1.82, 2.24) is 14.1 Å². The highest BCUT2D eigenvalue weighted by Gasteiger charge is 2.52. The van der Waals surface area contributed by atoms with Gasteiger partial charge in [0.05, 0.1) is 11.9 Å². The van der Waals surface area contributed by atoms with E-state index < -0.39 is 21.7 Å². The number of sulfonamides is 1. The lowest BCUT2D eigenvalue weighted by Gasteiger charge is -2.44. The van der Waals surface area contributed by atoms with Crippen LogP contribution >= 0.6 is 0 Å². The summed E-state index contributed by atoms with van der Waals surface area (Å²) >= 11 is 0. The second-order valence-electron chi connectivity index (χ2n) is 8.30. The third kappa shape index (κ3) is 4.32. The molecule has 3 saturated heterocycles. The van der Waals surface area contributed by atoms with Crippen molar-refractivity contribution in [3.63, 3.8) is 0 Å². The predicted molar refractivity (Wildman–Crippen MR) is 104 cm³/mol. The summed E-state index contributed by atoms with van der Waals surface area (Å²) < 4.78 is 25.9. The van der Waals surface area contributed by atoms with Gasteiger partial charge in [0.2, 0.25) is 15.9 Å². The van der Waals surface area contributed by atoms with Crippen LogP contribution in [0, 0.1) is 0 Å². The first-order valence-corrected chi connectivity index (χ1v) is 11.8. The van der Waals surface area contributed by atoms with E-state index in [9.17, 15) is 18.3 Å². The Labute approximate surface area is 162 Å². The van der Waals surface area contributed by atoms with Crippen molar-refractivity contribution in [2.24, 2.45) is 5.73 Å². The standard InChI is InChI=1S/C18H34N4O4S/c1-2-12-27(25,26)21-10-8-20(9-11-21)13-16(23)14-22-15-4-3-6-18(22,7-5-15)17(19)24/h15-16,23H,2-14H2,1H3,(H2,19,24)/t15-,16?,18+/m1/s1. The Bertz CT molecular complexity index is 631. The minimum Gasteiger partial charge on any atom is -0.390 e. The Morgan fingerprint density at radius 3 is 2.52 bits per heavy atom. The number of aliphatic hydroxyl groups excluding tert-OH is 1. The van der Waals surface area contributed by atoms with Gasteiger partial charge in [-0.1, -0.05) is 6.92 Å². The van der Waals surface area contributed by atoms with Gasteiger partial charge in [-0.05, 0) is 38.5 Å². The van der Waals surface area contributed by atoms with Gasteiger partial charge >= 0.3 is 0 Å². The van der Waals surface area contributed by atoms with Crippen LogP contribution in [0.25, 0.3) is 0 Å². The molecule has 1 amide bonds. The van der Waals surface area contributed by atoms with Gasteiger partial charge in [-0.15, -0.1) is 0 Å². The molecule has 3 aliphatic rings. The van der Waals surface area contributed by atoms with Crippen LogP contribution in [0.3, 0.4) is 0 Å². The fourth-order valence-electron chi connectivity index (χ4n) is 5.13. The summed E-state index contributed by atoms with van der Waals surface area (Å²) in [4.78, 5) is 16.4. The molecule has 0 aromatic rings. The van der Waals surface area contributed by atoms with Crippen molar-refractivity contribution in [2.45, 2.75) is 63.1 Å². The van der Waals surface area contributed by atoms with E-state index in [4.69, 9.17) is 5.73 Å². The molecular formula is C18H34N4O4S. The number of nitrogens with zero attached hydrogens (tertiary/aromatic N) is 3. The van der Waals surface area contributed by atoms with Crippen molar-refractivity contribution >= 4 is 15.9 Å². The second kappa shape index (κ2) is 8.32. The molecule has 3 fully saturated rings. The lowest BCUT2D eigenvalue weighted by atomic mass is 9.87. The molecule has 8 nitrogen and oxygen atoms in total. The van der Waals surface area contributed by atoms with Gasteiger partial charge in [0, 0.05) is 45.3 Å². The van der Waals surface area contributed by atoms with Gasteiger partial charge in [-0.3, -0.25) is 14.6 Å². The van der Waals surface area contributed by atoms with Gasteiger partial charge in [0.15, 0.2) is 0 Å². The zero-order chi connectivity index (χ0) is 19.7. The number of carbonyl (C=O) groups is 1. The van der Waals surface area contributed by atoms with Crippen LogP contribution in [-0.2, 0) is 14.8 Å². The topological polar surface area (TPSA) is 107 Å². The van der Waals surface area contributed by atoms with Crippen LogP contribution in [0.15, 0.2) is 0 Å². The van der Waals surface area contributed by atoms with E-state index in [1.807, 2.05) is 6.92 Å². The normalized spacial score (nSPS) is 31.9. The minimum absolute atomic E-state index is 0.196. The lowest BCUT2D eigenvalue weighted by molar-refractivity contribution is -0.132. The maximum atomic E-state index is 12.2. The van der Waals surface area contributed by atoms with Crippen molar-refractivity contribution in [1.29, 1.82) is 0 Å². The average molecular weight is 403 g/mol. The number of amides is 1. The maximum absolute atomic E-state index is 12.2. The Balaban J connectivity index is 1.52. The number of piperazine rings is 1. The molecule has 0 aromatic heterocycles. The molecule has 3 atom stereocenters. The van der Waals surface area contributed by atoms with Crippen LogP contribution in [-0.4, -0.2) is 96.2 Å². The third-order valence-electron chi connectivity index (χ3n) is 6.53. The number of rotatable bonds is 8. The van der Waals surface area contributed by atoms with Gasteiger partial charge < -0.3 is 10.8 Å². The molecule has 0 radical (unpaired) electrons. The highest BCUT2D eigenvalue weighted by atomic mass is 32.2. The SMILES string of the molecule is CCCS(=O)(=O)N1CCN(CC(O)CN2[C@@H]3CCC[C@@]2(C(N)=O)CC3)CC1. The van der Waals surface area contributed by atoms with E-state index in [1.165, 1.54) is 0 Å². The number of primary amides is 1. The molecule has 3 N–H and O–H groups in total. The summed E-state index contributed by atoms with van der Waals surface area (Å²) in [5.41, 5.74) is 5.16. The number of carbonyl (C=O) groups excluding carboxylic acids is 1. The number of hydrogen-bond donors (Lipinski definition) is 2. The molecule has 2 bridgehead atoms. The Kier molecular flexibility index (Phi) is 6.47. The summed E-state index contributed by atoms with van der Waals surface area (Å²) in [5.74, 6) is -0.0621. The first kappa shape index (κ1) is 21.0. The van der Waals surface area contributed by atoms with Crippen molar-refractivity contribution in [3.05, 3.63) is 0 Å². The summed E-state index contributed by atoms with van der Waals surface area (Å²) in [6.45, 7) is 5.05. The molecule has 9 heteroatoms. The molecule has 1 unspecified atom stereocenters. The first-order valence-electron chi connectivity index (χ1n) is 10.2. The monoisotopic (exact) mass is 402 g/mol. The fourth-order valence-corrected chi connectivity index (χ4v) is 6.62. The highest BCUT2D eigenvalue weighted by Crippen LogP contribution is 2.43. The van der Waals surface area contributed by atoms with Crippen LogP contribution in [0.5, 0.6) is 0 Å². The first-order chi connectivity index (χ1) is 12.8. The number of fused-ring (bicyclic) bond motifs is 2. The number of hydrogen-bond acceptors (Lipinski definition) is 6. The molecule has 156 valence electrons. The maximum Gasteiger partial charge on any atom is 0.237 e. The molecule has 0 aromatic carbocycles. The minimum atomic E-state index is -3.15. The van der Waals surface area contributed by atoms with Crippen molar-refractivity contribution in [3.8, 4) is 0 Å². The van der Waals surface area contributed by atoms with Gasteiger partial charge in [0.1, 0.15) is 5.54 Å². The largest absolute Gasteiger partial charge is 0.390 e. The molecule has 3 rings (SSSR count). The van der Waals surface area contributed by atoms with E-state index in [0.717, 1.165) is 32.1 Å². The number of β-amino-alcohol motifs (C(OH)–C–C–N with tert-alkyl or cyclic N) is 1. The summed E-state index contributed by atoms with van der Waals surface area (Å²) in [5, 5.41) is 10.7. The summed E-state index contributed by atoms with van der Waals surface area (Å²) in [7, 11) is -3.15. The number of aliphatic hydroxyl groups is 1. The summed E-state index contributed by atoms with van der Waals surface area (Å²) in [6, 6.07) is 0.344. The molecule has 0 spiro atoms. The highest BCUT2D eigenvalue weighted by molar-refractivity contribution is 7.89. The number of nitrogens with two attached hydrogens (primary N) is 1. The van der Waals surface area contributed by atoms with Crippen LogP contribution < -0.4 is 5.73 Å². The molecular weight excluding hydrogens is 368 g/mol. The predicted octanol–water partition coefficient (Wildman–Crippen LogP) is -0.423. The van der Waals surface area contributed by atoms with Gasteiger partial charge in [0.25, 0.3) is 0 Å². The molecule has 0 aliphatic carbocycles. The smallest absolute Gasteiger partial charge is 0.237 e. The van der Waals surface area contributed by atoms with Crippen molar-refractivity contribution in [2.75, 3.05) is 45.0 Å². The lowest BCUT2D eigenvalue weighted by Crippen LogP contribution is -2.60. The number of piperidine rings is 1. The van der Waals surface area contributed by atoms with Crippen molar-refractivity contribution < 1.29 is 18.3 Å². The van der Waals surface area contributed by atoms with Gasteiger partial charge in [-0.25, -0.2) is 8.42 Å². The van der Waals surface area contributed by atoms with Crippen LogP contribution in [0.2, 0.25) is 0 Å². The zero-order valence-electron chi connectivity index (χ0n) is 16.3. The van der Waals surface area contributed by atoms with Crippen LogP contribution in [0.4, 0.5) is 0 Å². The molecule has 3 aliphatic heterocycles. The summed E-state index contributed by atoms with van der Waals surface area (Å²) in [6.07, 6.45) is 4.71. The molecule has 3 heterocycles. The third-order valence-corrected chi connectivity index (χ3v) is 8.61. The Morgan fingerprint density at radius 1 is 1.19 bits per heavy atom. The van der Waals surface area contributed by atoms with E-state index in [-0.39, 0.29) is 11.7 Å². The fraction of sp³-hybridized carbons (Fsp3) is 0.944. The van der Waals surface area contributed by atoms with Gasteiger partial charge in [-0.2, -0.15) is 4.31 Å². The Morgan fingerprint density at radius 2 is 1.89 bits per heavy atom. The van der Waals surface area contributed by atoms with E-state index in [1.54, 1.807) is 4.31 Å². The molecule has 27 heavy (non-hydrogen) atoms. The quantitative estimate of drug-likeness (QED) is 0.571. The average Bonchev–Trinajstić information content (AvgIpc) is 2.81. The van der Waals surface area contributed by atoms with Crippen LogP contribution in [0.1, 0.15) is 45.4 Å². The Hall–Kier alpha value is -0.740. The molecule has 0 saturated carbocycles. The zero-order valence-corrected chi connectivity index (χ0v) is 17.2. The van der Waals surface area contributed by atoms with E-state index >= 15 is 0 Å². The second-order valence-corrected chi connectivity index (χ2v) is 10.4. The van der Waals surface area contributed by atoms with E-state index in [0.29, 0.717) is 51.7 Å². The van der Waals surface area contributed by atoms with E-state index in [2.05, 4.69) is 9.80 Å².